The predicted octanol–water partition coefficient (Wildman–Crippen LogP) is 3.57. The van der Waals surface area contributed by atoms with E-state index in [0.29, 0.717) is 0 Å². The zero-order valence-corrected chi connectivity index (χ0v) is 14.4. The van der Waals surface area contributed by atoms with Crippen molar-refractivity contribution >= 4 is 0 Å². The minimum atomic E-state index is 0.841. The van der Waals surface area contributed by atoms with Crippen LogP contribution in [0.15, 0.2) is 54.9 Å². The van der Waals surface area contributed by atoms with Gasteiger partial charge in [-0.3, -0.25) is 0 Å². The lowest BCUT2D eigenvalue weighted by Crippen LogP contribution is -2.31. The monoisotopic (exact) mass is 321 g/mol. The number of hydrogen-bond acceptors (Lipinski definition) is 3. The third-order valence-electron chi connectivity index (χ3n) is 4.12. The van der Waals surface area contributed by atoms with E-state index in [4.69, 9.17) is 9.47 Å². The molecule has 1 aromatic heterocycles. The van der Waals surface area contributed by atoms with E-state index in [1.165, 1.54) is 0 Å². The van der Waals surface area contributed by atoms with Crippen LogP contribution in [0, 0.1) is 6.92 Å². The first-order valence-corrected chi connectivity index (χ1v) is 7.77. The summed E-state index contributed by atoms with van der Waals surface area (Å²) in [7, 11) is 5.38. The lowest BCUT2D eigenvalue weighted by Gasteiger charge is -2.08. The molecule has 0 atom stereocenters. The maximum Gasteiger partial charge on any atom is 0.231 e. The average Bonchev–Trinajstić information content (AvgIpc) is 2.62. The fourth-order valence-corrected chi connectivity index (χ4v) is 2.73. The van der Waals surface area contributed by atoms with Gasteiger partial charge in [0, 0.05) is 5.56 Å². The third-order valence-corrected chi connectivity index (χ3v) is 4.12. The molecule has 0 aliphatic heterocycles. The first kappa shape index (κ1) is 16.0. The lowest BCUT2D eigenvalue weighted by atomic mass is 10.0. The summed E-state index contributed by atoms with van der Waals surface area (Å²) in [5.74, 6) is 1.70. The molecule has 0 saturated carbocycles. The van der Waals surface area contributed by atoms with Crippen LogP contribution in [0.5, 0.6) is 11.5 Å². The van der Waals surface area contributed by atoms with E-state index >= 15 is 0 Å². The van der Waals surface area contributed by atoms with E-state index in [9.17, 15) is 0 Å². The van der Waals surface area contributed by atoms with Crippen molar-refractivity contribution in [1.82, 2.24) is 4.98 Å². The molecule has 3 rings (SSSR count). The zero-order chi connectivity index (χ0) is 17.1. The summed E-state index contributed by atoms with van der Waals surface area (Å²) in [5.41, 5.74) is 5.35. The van der Waals surface area contributed by atoms with Crippen molar-refractivity contribution in [1.29, 1.82) is 0 Å². The molecule has 0 N–H and O–H groups in total. The number of aryl methyl sites for hydroxylation is 2. The second kappa shape index (κ2) is 6.71. The van der Waals surface area contributed by atoms with Gasteiger partial charge in [-0.1, -0.05) is 0 Å². The van der Waals surface area contributed by atoms with Crippen LogP contribution in [-0.2, 0) is 7.05 Å². The van der Waals surface area contributed by atoms with Gasteiger partial charge in [0.25, 0.3) is 0 Å². The highest BCUT2D eigenvalue weighted by Gasteiger charge is 2.15. The summed E-state index contributed by atoms with van der Waals surface area (Å²) in [6, 6.07) is 14.0. The van der Waals surface area contributed by atoms with Crippen molar-refractivity contribution in [2.24, 2.45) is 7.05 Å². The first-order chi connectivity index (χ1) is 11.6. The summed E-state index contributed by atoms with van der Waals surface area (Å²) in [5, 5.41) is 0. The van der Waals surface area contributed by atoms with Crippen molar-refractivity contribution in [3.05, 3.63) is 60.4 Å². The minimum absolute atomic E-state index is 0.841. The molecule has 2 aromatic carbocycles. The second-order valence-electron chi connectivity index (χ2n) is 5.68. The highest BCUT2D eigenvalue weighted by Crippen LogP contribution is 2.25. The van der Waals surface area contributed by atoms with Gasteiger partial charge in [0.05, 0.1) is 19.8 Å². The largest absolute Gasteiger partial charge is 0.497 e. The van der Waals surface area contributed by atoms with E-state index in [0.717, 1.165) is 39.6 Å². The molecule has 4 nitrogen and oxygen atoms in total. The Kier molecular flexibility index (Phi) is 4.47. The van der Waals surface area contributed by atoms with Gasteiger partial charge in [-0.05, 0) is 55.0 Å². The van der Waals surface area contributed by atoms with Crippen molar-refractivity contribution in [3.63, 3.8) is 0 Å². The third kappa shape index (κ3) is 3.08. The van der Waals surface area contributed by atoms with Crippen LogP contribution in [0.2, 0.25) is 0 Å². The Balaban J connectivity index is 1.97. The molecule has 0 amide bonds. The van der Waals surface area contributed by atoms with Gasteiger partial charge >= 0.3 is 0 Å². The summed E-state index contributed by atoms with van der Waals surface area (Å²) in [6.45, 7) is 2.08. The lowest BCUT2D eigenvalue weighted by molar-refractivity contribution is -0.660. The number of nitrogens with zero attached hydrogens (tertiary/aromatic N) is 2. The molecule has 0 aliphatic carbocycles. The highest BCUT2D eigenvalue weighted by molar-refractivity contribution is 5.64. The maximum atomic E-state index is 5.28. The summed E-state index contributed by atoms with van der Waals surface area (Å²) < 4.78 is 12.6. The van der Waals surface area contributed by atoms with E-state index in [2.05, 4.69) is 22.5 Å². The number of ether oxygens (including phenoxy) is 2. The van der Waals surface area contributed by atoms with Gasteiger partial charge in [0.2, 0.25) is 5.69 Å². The zero-order valence-electron chi connectivity index (χ0n) is 14.4. The molecular weight excluding hydrogens is 300 g/mol. The number of methoxy groups -OCH3 is 2. The van der Waals surface area contributed by atoms with Crippen LogP contribution in [0.1, 0.15) is 5.56 Å². The van der Waals surface area contributed by atoms with E-state index < -0.39 is 0 Å². The second-order valence-corrected chi connectivity index (χ2v) is 5.68. The molecule has 0 fully saturated rings. The average molecular weight is 321 g/mol. The standard InChI is InChI=1S/C20H21N2O2/c1-14-11-17(24-4)9-10-18(14)20-12-21-19(13-22(20)2)15-5-7-16(23-3)8-6-15/h5-13H,1-4H3/q+1. The fraction of sp³-hybridized carbons (Fsp3) is 0.200. The van der Waals surface area contributed by atoms with Crippen LogP contribution >= 0.6 is 0 Å². The van der Waals surface area contributed by atoms with Crippen LogP contribution in [-0.4, -0.2) is 19.2 Å². The fourth-order valence-electron chi connectivity index (χ4n) is 2.73. The normalized spacial score (nSPS) is 10.5. The summed E-state index contributed by atoms with van der Waals surface area (Å²) in [6.07, 6.45) is 3.95. The number of aromatic nitrogens is 2. The van der Waals surface area contributed by atoms with Crippen LogP contribution in [0.4, 0.5) is 0 Å². The maximum absolute atomic E-state index is 5.28. The number of hydrogen-bond donors (Lipinski definition) is 0. The van der Waals surface area contributed by atoms with Gasteiger partial charge in [0.1, 0.15) is 30.4 Å². The van der Waals surface area contributed by atoms with E-state index in [1.807, 2.05) is 55.8 Å². The van der Waals surface area contributed by atoms with Gasteiger partial charge in [0.15, 0.2) is 6.20 Å². The van der Waals surface area contributed by atoms with Gasteiger partial charge in [-0.2, -0.15) is 4.57 Å². The molecule has 4 heteroatoms. The Labute approximate surface area is 142 Å². The highest BCUT2D eigenvalue weighted by atomic mass is 16.5. The molecular formula is C20H21N2O2+. The number of rotatable bonds is 4. The van der Waals surface area contributed by atoms with Gasteiger partial charge in [-0.15, -0.1) is 0 Å². The molecule has 0 spiro atoms. The molecule has 24 heavy (non-hydrogen) atoms. The molecule has 3 aromatic rings. The molecule has 0 saturated heterocycles. The molecule has 122 valence electrons. The molecule has 0 bridgehead atoms. The molecule has 0 radical (unpaired) electrons. The topological polar surface area (TPSA) is 35.2 Å². The van der Waals surface area contributed by atoms with Crippen LogP contribution in [0.25, 0.3) is 22.5 Å². The molecule has 1 heterocycles. The number of benzene rings is 2. The Hall–Kier alpha value is -2.88. The van der Waals surface area contributed by atoms with Crippen molar-refractivity contribution in [2.75, 3.05) is 14.2 Å². The van der Waals surface area contributed by atoms with Gasteiger partial charge < -0.3 is 9.47 Å². The Morgan fingerprint density at radius 1 is 0.917 bits per heavy atom. The molecule has 0 unspecified atom stereocenters. The summed E-state index contributed by atoms with van der Waals surface area (Å²) >= 11 is 0. The SMILES string of the molecule is COc1ccc(-c2c[n+](C)c(-c3ccc(OC)cc3C)cn2)cc1. The van der Waals surface area contributed by atoms with E-state index in [1.54, 1.807) is 14.2 Å². The van der Waals surface area contributed by atoms with Crippen molar-refractivity contribution in [2.45, 2.75) is 6.92 Å². The Bertz CT molecular complexity index is 858. The molecule has 0 aliphatic rings. The van der Waals surface area contributed by atoms with Crippen LogP contribution < -0.4 is 14.0 Å². The smallest absolute Gasteiger partial charge is 0.231 e. The Morgan fingerprint density at radius 3 is 2.17 bits per heavy atom. The first-order valence-electron chi connectivity index (χ1n) is 7.77. The van der Waals surface area contributed by atoms with Gasteiger partial charge in [-0.25, -0.2) is 4.98 Å². The van der Waals surface area contributed by atoms with Crippen molar-refractivity contribution < 1.29 is 14.0 Å². The predicted molar refractivity (Wildman–Crippen MR) is 94.1 cm³/mol. The van der Waals surface area contributed by atoms with Crippen LogP contribution in [0.3, 0.4) is 0 Å². The summed E-state index contributed by atoms with van der Waals surface area (Å²) in [4.78, 5) is 4.63. The quantitative estimate of drug-likeness (QED) is 0.689. The Morgan fingerprint density at radius 2 is 1.58 bits per heavy atom. The van der Waals surface area contributed by atoms with Crippen molar-refractivity contribution in [3.8, 4) is 34.0 Å². The minimum Gasteiger partial charge on any atom is -0.497 e. The van der Waals surface area contributed by atoms with E-state index in [-0.39, 0.29) is 0 Å².